The fourth-order valence-electron chi connectivity index (χ4n) is 1.75. The predicted octanol–water partition coefficient (Wildman–Crippen LogP) is 2.83. The molecule has 2 heterocycles. The smallest absolute Gasteiger partial charge is 0.202 e. The van der Waals surface area contributed by atoms with E-state index in [4.69, 9.17) is 0 Å². The number of thiophene rings is 1. The van der Waals surface area contributed by atoms with Crippen molar-refractivity contribution >= 4 is 17.3 Å². The third kappa shape index (κ3) is 2.64. The zero-order valence-corrected chi connectivity index (χ0v) is 10.7. The summed E-state index contributed by atoms with van der Waals surface area (Å²) in [6.07, 6.45) is 3.07. The summed E-state index contributed by atoms with van der Waals surface area (Å²) >= 11 is 1.80. The molecule has 1 N–H and O–H groups in total. The van der Waals surface area contributed by atoms with Crippen LogP contribution in [0, 0.1) is 6.92 Å². The van der Waals surface area contributed by atoms with Crippen LogP contribution in [0.3, 0.4) is 0 Å². The van der Waals surface area contributed by atoms with Gasteiger partial charge in [0.2, 0.25) is 5.95 Å². The molecular formula is C12H17N3S. The monoisotopic (exact) mass is 235 g/mol. The highest BCUT2D eigenvalue weighted by Crippen LogP contribution is 2.14. The van der Waals surface area contributed by atoms with Crippen LogP contribution < -0.4 is 5.32 Å². The topological polar surface area (TPSA) is 29.9 Å². The predicted molar refractivity (Wildman–Crippen MR) is 69.1 cm³/mol. The number of aryl methyl sites for hydroxylation is 2. The molecule has 0 aliphatic rings. The standard InChI is InChI=1S/C12H17N3S/c1-9(7-11-5-4-6-16-11)13-12-14-10(2)8-15(12)3/h4-6,8-9H,7H2,1-3H3,(H,13,14). The van der Waals surface area contributed by atoms with Crippen LogP contribution in [0.25, 0.3) is 0 Å². The Morgan fingerprint density at radius 1 is 1.56 bits per heavy atom. The number of anilines is 1. The molecule has 0 radical (unpaired) electrons. The van der Waals surface area contributed by atoms with Crippen LogP contribution in [0.15, 0.2) is 23.7 Å². The van der Waals surface area contributed by atoms with Gasteiger partial charge < -0.3 is 9.88 Å². The summed E-state index contributed by atoms with van der Waals surface area (Å²) in [4.78, 5) is 5.84. The number of hydrogen-bond acceptors (Lipinski definition) is 3. The lowest BCUT2D eigenvalue weighted by molar-refractivity contribution is 0.769. The number of nitrogens with zero attached hydrogens (tertiary/aromatic N) is 2. The van der Waals surface area contributed by atoms with E-state index < -0.39 is 0 Å². The van der Waals surface area contributed by atoms with Gasteiger partial charge in [-0.25, -0.2) is 4.98 Å². The van der Waals surface area contributed by atoms with Crippen molar-refractivity contribution in [2.75, 3.05) is 5.32 Å². The van der Waals surface area contributed by atoms with Crippen LogP contribution >= 0.6 is 11.3 Å². The van der Waals surface area contributed by atoms with Crippen LogP contribution in [0.4, 0.5) is 5.95 Å². The summed E-state index contributed by atoms with van der Waals surface area (Å²) in [5, 5.41) is 5.55. The molecule has 0 aromatic carbocycles. The quantitative estimate of drug-likeness (QED) is 0.883. The van der Waals surface area contributed by atoms with E-state index in [-0.39, 0.29) is 0 Å². The average molecular weight is 235 g/mol. The number of imidazole rings is 1. The Morgan fingerprint density at radius 2 is 2.38 bits per heavy atom. The van der Waals surface area contributed by atoms with E-state index in [0.29, 0.717) is 6.04 Å². The average Bonchev–Trinajstić information content (AvgIpc) is 2.78. The van der Waals surface area contributed by atoms with E-state index in [1.54, 1.807) is 11.3 Å². The molecule has 0 bridgehead atoms. The molecule has 0 aliphatic heterocycles. The summed E-state index contributed by atoms with van der Waals surface area (Å²) in [6, 6.07) is 4.67. The highest BCUT2D eigenvalue weighted by molar-refractivity contribution is 7.09. The number of aromatic nitrogens is 2. The van der Waals surface area contributed by atoms with E-state index in [2.05, 4.69) is 34.7 Å². The minimum atomic E-state index is 0.402. The molecule has 0 saturated heterocycles. The maximum Gasteiger partial charge on any atom is 0.202 e. The zero-order chi connectivity index (χ0) is 11.5. The highest BCUT2D eigenvalue weighted by atomic mass is 32.1. The van der Waals surface area contributed by atoms with Crippen molar-refractivity contribution in [3.8, 4) is 0 Å². The van der Waals surface area contributed by atoms with Gasteiger partial charge in [-0.05, 0) is 25.3 Å². The number of rotatable bonds is 4. The van der Waals surface area contributed by atoms with E-state index in [9.17, 15) is 0 Å². The Kier molecular flexibility index (Phi) is 3.29. The maximum atomic E-state index is 4.43. The summed E-state index contributed by atoms with van der Waals surface area (Å²) < 4.78 is 2.03. The third-order valence-corrected chi connectivity index (χ3v) is 3.36. The second-order valence-corrected chi connectivity index (χ2v) is 5.18. The molecule has 0 saturated carbocycles. The van der Waals surface area contributed by atoms with Crippen LogP contribution in [0.5, 0.6) is 0 Å². The van der Waals surface area contributed by atoms with Crippen molar-refractivity contribution < 1.29 is 0 Å². The Morgan fingerprint density at radius 3 is 2.94 bits per heavy atom. The molecule has 86 valence electrons. The molecule has 1 atom stereocenters. The van der Waals surface area contributed by atoms with Crippen molar-refractivity contribution in [2.45, 2.75) is 26.3 Å². The van der Waals surface area contributed by atoms with Gasteiger partial charge in [0.05, 0.1) is 5.69 Å². The molecule has 0 aliphatic carbocycles. The molecule has 2 aromatic rings. The van der Waals surface area contributed by atoms with Gasteiger partial charge in [0.15, 0.2) is 0 Å². The first kappa shape index (κ1) is 11.2. The van der Waals surface area contributed by atoms with Crippen LogP contribution in [-0.2, 0) is 13.5 Å². The Bertz CT molecular complexity index is 445. The van der Waals surface area contributed by atoms with Gasteiger partial charge in [0, 0.05) is 30.6 Å². The van der Waals surface area contributed by atoms with Gasteiger partial charge in [-0.15, -0.1) is 11.3 Å². The minimum absolute atomic E-state index is 0.402. The molecule has 3 nitrogen and oxygen atoms in total. The molecule has 0 spiro atoms. The molecule has 0 amide bonds. The zero-order valence-electron chi connectivity index (χ0n) is 9.90. The van der Waals surface area contributed by atoms with Crippen molar-refractivity contribution in [1.29, 1.82) is 0 Å². The molecular weight excluding hydrogens is 218 g/mol. The van der Waals surface area contributed by atoms with Crippen molar-refractivity contribution in [3.05, 3.63) is 34.3 Å². The first-order valence-corrected chi connectivity index (χ1v) is 6.32. The van der Waals surface area contributed by atoms with E-state index in [0.717, 1.165) is 18.1 Å². The van der Waals surface area contributed by atoms with E-state index in [1.165, 1.54) is 4.88 Å². The van der Waals surface area contributed by atoms with Crippen LogP contribution in [0.1, 0.15) is 17.5 Å². The van der Waals surface area contributed by atoms with Crippen LogP contribution in [-0.4, -0.2) is 15.6 Å². The molecule has 0 fully saturated rings. The minimum Gasteiger partial charge on any atom is -0.353 e. The van der Waals surface area contributed by atoms with Gasteiger partial charge in [-0.2, -0.15) is 0 Å². The van der Waals surface area contributed by atoms with E-state index in [1.807, 2.05) is 24.7 Å². The fourth-order valence-corrected chi connectivity index (χ4v) is 2.59. The largest absolute Gasteiger partial charge is 0.353 e. The Labute approximate surface area is 100 Å². The first-order chi connectivity index (χ1) is 7.65. The first-order valence-electron chi connectivity index (χ1n) is 5.44. The molecule has 16 heavy (non-hydrogen) atoms. The van der Waals surface area contributed by atoms with Crippen molar-refractivity contribution in [3.63, 3.8) is 0 Å². The summed E-state index contributed by atoms with van der Waals surface area (Å²) in [5.74, 6) is 0.946. The van der Waals surface area contributed by atoms with Gasteiger partial charge in [0.25, 0.3) is 0 Å². The van der Waals surface area contributed by atoms with Gasteiger partial charge in [0.1, 0.15) is 0 Å². The normalized spacial score (nSPS) is 12.7. The van der Waals surface area contributed by atoms with Gasteiger partial charge >= 0.3 is 0 Å². The SMILES string of the molecule is Cc1cn(C)c(NC(C)Cc2cccs2)n1. The molecule has 2 rings (SSSR count). The van der Waals surface area contributed by atoms with E-state index >= 15 is 0 Å². The lowest BCUT2D eigenvalue weighted by Crippen LogP contribution is -2.19. The summed E-state index contributed by atoms with van der Waals surface area (Å²) in [5.41, 5.74) is 1.05. The number of hydrogen-bond donors (Lipinski definition) is 1. The highest BCUT2D eigenvalue weighted by Gasteiger charge is 2.08. The molecule has 2 aromatic heterocycles. The second-order valence-electron chi connectivity index (χ2n) is 4.15. The second kappa shape index (κ2) is 4.70. The lowest BCUT2D eigenvalue weighted by atomic mass is 10.2. The summed E-state index contributed by atoms with van der Waals surface area (Å²) in [7, 11) is 2.01. The number of nitrogens with one attached hydrogen (secondary N) is 1. The lowest BCUT2D eigenvalue weighted by Gasteiger charge is -2.13. The third-order valence-electron chi connectivity index (χ3n) is 2.46. The van der Waals surface area contributed by atoms with Gasteiger partial charge in [-0.1, -0.05) is 6.07 Å². The van der Waals surface area contributed by atoms with Gasteiger partial charge in [-0.3, -0.25) is 0 Å². The van der Waals surface area contributed by atoms with Crippen molar-refractivity contribution in [1.82, 2.24) is 9.55 Å². The summed E-state index contributed by atoms with van der Waals surface area (Å²) in [6.45, 7) is 4.19. The Hall–Kier alpha value is -1.29. The Balaban J connectivity index is 1.97. The molecule has 1 unspecified atom stereocenters. The van der Waals surface area contributed by atoms with Crippen molar-refractivity contribution in [2.24, 2.45) is 7.05 Å². The fraction of sp³-hybridized carbons (Fsp3) is 0.417. The van der Waals surface area contributed by atoms with Crippen LogP contribution in [0.2, 0.25) is 0 Å². The molecule has 4 heteroatoms. The maximum absolute atomic E-state index is 4.43.